The Morgan fingerprint density at radius 3 is 2.26 bits per heavy atom. The van der Waals surface area contributed by atoms with Gasteiger partial charge in [-0.3, -0.25) is 0 Å². The molecule has 1 aliphatic heterocycles. The highest BCUT2D eigenvalue weighted by molar-refractivity contribution is 7.91. The maximum Gasteiger partial charge on any atom is 0.453 e. The van der Waals surface area contributed by atoms with E-state index in [4.69, 9.17) is 0 Å². The molecule has 262 valence electrons. The molecule has 1 atom stereocenters. The number of hydrogen-bond donors (Lipinski definition) is 1. The number of unbranched alkanes of at least 4 members (excludes halogenated alkanes) is 3. The van der Waals surface area contributed by atoms with Crippen molar-refractivity contribution in [3.8, 4) is 5.75 Å². The number of rotatable bonds is 16. The van der Waals surface area contributed by atoms with Gasteiger partial charge in [0.1, 0.15) is 27.2 Å². The molecule has 0 aromatic heterocycles. The van der Waals surface area contributed by atoms with Gasteiger partial charge >= 0.3 is 12.1 Å². The molecular formula is C35H44F7NO3S. The highest BCUT2D eigenvalue weighted by Crippen LogP contribution is 2.41. The van der Waals surface area contributed by atoms with Crippen molar-refractivity contribution in [2.45, 2.75) is 108 Å². The Labute approximate surface area is 273 Å². The van der Waals surface area contributed by atoms with Crippen LogP contribution in [-0.2, 0) is 16.3 Å². The van der Waals surface area contributed by atoms with Gasteiger partial charge in [-0.05, 0) is 136 Å². The van der Waals surface area contributed by atoms with Crippen LogP contribution < -0.4 is 0 Å². The molecule has 0 unspecified atom stereocenters. The molecule has 1 heterocycles. The van der Waals surface area contributed by atoms with Gasteiger partial charge in [0, 0.05) is 18.5 Å². The van der Waals surface area contributed by atoms with Crippen LogP contribution in [0.15, 0.2) is 36.4 Å². The average molecular weight is 692 g/mol. The molecule has 12 heteroatoms. The first-order valence-electron chi connectivity index (χ1n) is 16.5. The Bertz CT molecular complexity index is 1470. The van der Waals surface area contributed by atoms with Crippen LogP contribution in [0.1, 0.15) is 100 Å². The quantitative estimate of drug-likeness (QED) is 0.141. The van der Waals surface area contributed by atoms with E-state index in [2.05, 4.69) is 4.90 Å². The van der Waals surface area contributed by atoms with E-state index in [0.717, 1.165) is 99.2 Å². The summed E-state index contributed by atoms with van der Waals surface area (Å²) in [5.74, 6) is -6.83. The van der Waals surface area contributed by atoms with Crippen LogP contribution in [0.3, 0.4) is 0 Å². The molecule has 1 saturated heterocycles. The lowest BCUT2D eigenvalue weighted by Crippen LogP contribution is -2.36. The van der Waals surface area contributed by atoms with Crippen molar-refractivity contribution in [1.29, 1.82) is 0 Å². The minimum Gasteiger partial charge on any atom is -0.508 e. The predicted octanol–water partition coefficient (Wildman–Crippen LogP) is 9.51. The fourth-order valence-electron chi connectivity index (χ4n) is 6.97. The first-order valence-corrected chi connectivity index (χ1v) is 18.4. The number of aromatic hydroxyl groups is 1. The molecule has 0 spiro atoms. The maximum absolute atomic E-state index is 14.2. The standard InChI is InChI=1S/C35H44F7NO3S/c36-27-21-26(22-28(37)24-27)31-13-5-9-25-23-30(44)14-15-32(25)33(31)12-3-1-2-4-17-43-18-6-10-29(43)11-7-19-47(45,46)20-8-16-34(38,39)35(40,41)42/h14-15,21-24,29,44H,1-13,16-20H2/t29-/m0/s1. The molecule has 4 rings (SSSR count). The lowest BCUT2D eigenvalue weighted by molar-refractivity contribution is -0.284. The maximum atomic E-state index is 14.2. The second-order valence-electron chi connectivity index (χ2n) is 12.9. The summed E-state index contributed by atoms with van der Waals surface area (Å²) in [6, 6.07) is 9.17. The van der Waals surface area contributed by atoms with E-state index in [9.17, 15) is 44.3 Å². The molecule has 1 N–H and O–H groups in total. The molecule has 2 aliphatic rings. The van der Waals surface area contributed by atoms with Gasteiger partial charge in [0.25, 0.3) is 0 Å². The van der Waals surface area contributed by atoms with Gasteiger partial charge in [-0.1, -0.05) is 18.9 Å². The molecule has 0 bridgehead atoms. The Hall–Kier alpha value is -2.60. The minimum absolute atomic E-state index is 0.192. The van der Waals surface area contributed by atoms with E-state index < -0.39 is 52.2 Å². The Balaban J connectivity index is 1.24. The zero-order valence-electron chi connectivity index (χ0n) is 26.5. The summed E-state index contributed by atoms with van der Waals surface area (Å²) in [6.07, 6.45) is 1.69. The molecule has 1 fully saturated rings. The fourth-order valence-corrected chi connectivity index (χ4v) is 8.36. The van der Waals surface area contributed by atoms with Crippen LogP contribution in [0.2, 0.25) is 0 Å². The molecule has 47 heavy (non-hydrogen) atoms. The van der Waals surface area contributed by atoms with E-state index in [1.807, 2.05) is 6.07 Å². The first-order chi connectivity index (χ1) is 22.1. The third kappa shape index (κ3) is 10.7. The topological polar surface area (TPSA) is 57.6 Å². The fraction of sp³-hybridized carbons (Fsp3) is 0.600. The predicted molar refractivity (Wildman–Crippen MR) is 170 cm³/mol. The highest BCUT2D eigenvalue weighted by Gasteiger charge is 2.56. The van der Waals surface area contributed by atoms with Crippen molar-refractivity contribution in [3.63, 3.8) is 0 Å². The number of alkyl halides is 5. The van der Waals surface area contributed by atoms with Gasteiger partial charge < -0.3 is 10.0 Å². The minimum atomic E-state index is -5.68. The van der Waals surface area contributed by atoms with Crippen molar-refractivity contribution in [2.24, 2.45) is 0 Å². The number of phenolic OH excluding ortho intramolecular Hbond substituents is 1. The summed E-state index contributed by atoms with van der Waals surface area (Å²) in [5.41, 5.74) is 4.60. The van der Waals surface area contributed by atoms with E-state index in [1.54, 1.807) is 12.1 Å². The third-order valence-electron chi connectivity index (χ3n) is 9.34. The SMILES string of the molecule is O=S(=O)(CCC[C@@H]1CCCN1CCCCCCC1=C(c2cc(F)cc(F)c2)CCCc2cc(O)ccc21)CCCC(F)(F)C(F)(F)F. The Kier molecular flexibility index (Phi) is 12.8. The molecule has 2 aromatic rings. The van der Waals surface area contributed by atoms with Gasteiger partial charge in [-0.15, -0.1) is 0 Å². The van der Waals surface area contributed by atoms with Crippen molar-refractivity contribution in [1.82, 2.24) is 4.90 Å². The van der Waals surface area contributed by atoms with E-state index in [1.165, 1.54) is 12.1 Å². The van der Waals surface area contributed by atoms with Gasteiger partial charge in [0.15, 0.2) is 0 Å². The normalized spacial score (nSPS) is 18.1. The summed E-state index contributed by atoms with van der Waals surface area (Å²) in [6.45, 7) is 1.77. The molecule has 4 nitrogen and oxygen atoms in total. The molecule has 2 aromatic carbocycles. The van der Waals surface area contributed by atoms with E-state index >= 15 is 0 Å². The number of benzene rings is 2. The van der Waals surface area contributed by atoms with Crippen molar-refractivity contribution in [2.75, 3.05) is 24.6 Å². The number of allylic oxidation sites excluding steroid dienone is 2. The van der Waals surface area contributed by atoms with E-state index in [0.29, 0.717) is 24.8 Å². The molecule has 0 amide bonds. The smallest absolute Gasteiger partial charge is 0.453 e. The zero-order valence-corrected chi connectivity index (χ0v) is 27.4. The van der Waals surface area contributed by atoms with Gasteiger partial charge in [0.05, 0.1) is 11.5 Å². The lowest BCUT2D eigenvalue weighted by Gasteiger charge is -2.24. The highest BCUT2D eigenvalue weighted by atomic mass is 32.2. The number of likely N-dealkylation sites (tertiary alicyclic amines) is 1. The molecule has 1 aliphatic carbocycles. The second kappa shape index (κ2) is 16.2. The number of nitrogens with zero attached hydrogens (tertiary/aromatic N) is 1. The van der Waals surface area contributed by atoms with Crippen LogP contribution in [0.4, 0.5) is 30.7 Å². The monoisotopic (exact) mass is 691 g/mol. The van der Waals surface area contributed by atoms with Gasteiger partial charge in [-0.25, -0.2) is 17.2 Å². The number of fused-ring (bicyclic) bond motifs is 1. The number of halogens is 7. The first kappa shape index (κ1) is 37.2. The largest absolute Gasteiger partial charge is 0.508 e. The summed E-state index contributed by atoms with van der Waals surface area (Å²) >= 11 is 0. The van der Waals surface area contributed by atoms with E-state index in [-0.39, 0.29) is 17.5 Å². The number of aryl methyl sites for hydroxylation is 1. The Morgan fingerprint density at radius 1 is 0.830 bits per heavy atom. The summed E-state index contributed by atoms with van der Waals surface area (Å²) in [7, 11) is -3.72. The van der Waals surface area contributed by atoms with Gasteiger partial charge in [-0.2, -0.15) is 22.0 Å². The van der Waals surface area contributed by atoms with Crippen LogP contribution >= 0.6 is 0 Å². The number of hydrogen-bond acceptors (Lipinski definition) is 4. The average Bonchev–Trinajstić information content (AvgIpc) is 3.33. The second-order valence-corrected chi connectivity index (χ2v) is 15.2. The van der Waals surface area contributed by atoms with Gasteiger partial charge in [0.2, 0.25) is 0 Å². The van der Waals surface area contributed by atoms with Crippen molar-refractivity contribution >= 4 is 21.0 Å². The molecule has 0 saturated carbocycles. The van der Waals surface area contributed by atoms with Crippen molar-refractivity contribution in [3.05, 3.63) is 64.7 Å². The zero-order chi connectivity index (χ0) is 34.2. The summed E-state index contributed by atoms with van der Waals surface area (Å²) < 4.78 is 116. The van der Waals surface area contributed by atoms with Crippen molar-refractivity contribution < 1.29 is 44.3 Å². The molecule has 0 radical (unpaired) electrons. The van der Waals surface area contributed by atoms with Crippen LogP contribution in [0, 0.1) is 11.6 Å². The van der Waals surface area contributed by atoms with Crippen LogP contribution in [0.25, 0.3) is 11.1 Å². The lowest BCUT2D eigenvalue weighted by atomic mass is 9.89. The Morgan fingerprint density at radius 2 is 1.53 bits per heavy atom. The van der Waals surface area contributed by atoms with Crippen LogP contribution in [-0.4, -0.2) is 61.2 Å². The van der Waals surface area contributed by atoms with Crippen LogP contribution in [0.5, 0.6) is 5.75 Å². The summed E-state index contributed by atoms with van der Waals surface area (Å²) in [4.78, 5) is 2.35. The number of phenols is 1. The summed E-state index contributed by atoms with van der Waals surface area (Å²) in [5, 5.41) is 10.1. The number of sulfone groups is 1. The molecular weight excluding hydrogens is 647 g/mol. The third-order valence-corrected chi connectivity index (χ3v) is 11.2.